The van der Waals surface area contributed by atoms with Gasteiger partial charge in [0.2, 0.25) is 5.91 Å². The van der Waals surface area contributed by atoms with Crippen molar-refractivity contribution in [1.82, 2.24) is 14.5 Å². The lowest BCUT2D eigenvalue weighted by Crippen LogP contribution is -2.28. The zero-order valence-electron chi connectivity index (χ0n) is 15.7. The second-order valence-corrected chi connectivity index (χ2v) is 8.95. The van der Waals surface area contributed by atoms with Crippen molar-refractivity contribution >= 4 is 39.2 Å². The van der Waals surface area contributed by atoms with Crippen LogP contribution in [0.3, 0.4) is 0 Å². The maximum Gasteiger partial charge on any atom is 0.262 e. The monoisotopic (exact) mass is 417 g/mol. The van der Waals surface area contributed by atoms with Crippen molar-refractivity contribution in [3.63, 3.8) is 0 Å². The molecule has 2 aromatic heterocycles. The molecule has 0 fully saturated rings. The summed E-state index contributed by atoms with van der Waals surface area (Å²) in [5.41, 5.74) is 1.59. The molecule has 8 heteroatoms. The summed E-state index contributed by atoms with van der Waals surface area (Å²) >= 11 is 2.83. The molecule has 28 heavy (non-hydrogen) atoms. The summed E-state index contributed by atoms with van der Waals surface area (Å²) in [6, 6.07) is 6.43. The van der Waals surface area contributed by atoms with Crippen LogP contribution in [-0.4, -0.2) is 33.2 Å². The van der Waals surface area contributed by atoms with E-state index in [1.54, 1.807) is 43.6 Å². The number of hydrogen-bond acceptors (Lipinski definition) is 5. The standard InChI is InChI=1S/C20H20FN3O2S2/c1-23(10-12-6-3-4-8-14(12)21)16(25)11-27-20-22-18-17(19(26)24(20)2)13-7-5-9-15(13)28-18/h3-4,6,8H,5,7,9-11H2,1-2H3. The van der Waals surface area contributed by atoms with E-state index < -0.39 is 0 Å². The van der Waals surface area contributed by atoms with E-state index in [1.807, 2.05) is 0 Å². The first-order valence-electron chi connectivity index (χ1n) is 9.07. The van der Waals surface area contributed by atoms with Crippen LogP contribution < -0.4 is 5.56 Å². The second-order valence-electron chi connectivity index (χ2n) is 6.93. The molecule has 0 saturated heterocycles. The van der Waals surface area contributed by atoms with Crippen LogP contribution in [0, 0.1) is 5.82 Å². The summed E-state index contributed by atoms with van der Waals surface area (Å²) < 4.78 is 15.3. The number of aryl methyl sites for hydroxylation is 2. The third-order valence-corrected chi connectivity index (χ3v) is 7.22. The third kappa shape index (κ3) is 3.46. The number of thioether (sulfide) groups is 1. The highest BCUT2D eigenvalue weighted by Gasteiger charge is 2.23. The minimum Gasteiger partial charge on any atom is -0.341 e. The van der Waals surface area contributed by atoms with Gasteiger partial charge in [-0.15, -0.1) is 11.3 Å². The number of hydrogen-bond donors (Lipinski definition) is 0. The Morgan fingerprint density at radius 2 is 2.14 bits per heavy atom. The van der Waals surface area contributed by atoms with Crippen molar-refractivity contribution in [1.29, 1.82) is 0 Å². The van der Waals surface area contributed by atoms with Gasteiger partial charge in [0.25, 0.3) is 5.56 Å². The highest BCUT2D eigenvalue weighted by Crippen LogP contribution is 2.35. The Bertz CT molecular complexity index is 1120. The van der Waals surface area contributed by atoms with Gasteiger partial charge >= 0.3 is 0 Å². The molecule has 0 atom stereocenters. The molecule has 0 aliphatic heterocycles. The predicted molar refractivity (Wildman–Crippen MR) is 110 cm³/mol. The molecule has 0 radical (unpaired) electrons. The van der Waals surface area contributed by atoms with E-state index in [4.69, 9.17) is 0 Å². The molecule has 0 bridgehead atoms. The molecule has 5 nitrogen and oxygen atoms in total. The predicted octanol–water partition coefficient (Wildman–Crippen LogP) is 3.37. The molecule has 0 saturated carbocycles. The Kier molecular flexibility index (Phi) is 5.25. The number of carbonyl (C=O) groups is 1. The first kappa shape index (κ1) is 19.1. The Morgan fingerprint density at radius 1 is 1.36 bits per heavy atom. The van der Waals surface area contributed by atoms with Crippen molar-refractivity contribution in [3.8, 4) is 0 Å². The van der Waals surface area contributed by atoms with Crippen LogP contribution in [0.15, 0.2) is 34.2 Å². The van der Waals surface area contributed by atoms with E-state index in [0.717, 1.165) is 35.0 Å². The van der Waals surface area contributed by atoms with E-state index in [2.05, 4.69) is 4.98 Å². The first-order valence-corrected chi connectivity index (χ1v) is 10.9. The number of aromatic nitrogens is 2. The lowest BCUT2D eigenvalue weighted by molar-refractivity contribution is -0.127. The molecule has 1 aliphatic carbocycles. The van der Waals surface area contributed by atoms with Gasteiger partial charge in [0.05, 0.1) is 11.1 Å². The Labute approximate surface area is 170 Å². The summed E-state index contributed by atoms with van der Waals surface area (Å²) in [6.45, 7) is 0.203. The van der Waals surface area contributed by atoms with Gasteiger partial charge in [0, 0.05) is 31.1 Å². The number of benzene rings is 1. The molecule has 0 spiro atoms. The van der Waals surface area contributed by atoms with E-state index in [-0.39, 0.29) is 29.6 Å². The van der Waals surface area contributed by atoms with Gasteiger partial charge in [-0.05, 0) is 30.9 Å². The van der Waals surface area contributed by atoms with Gasteiger partial charge in [0.15, 0.2) is 5.16 Å². The van der Waals surface area contributed by atoms with Gasteiger partial charge < -0.3 is 4.90 Å². The van der Waals surface area contributed by atoms with Gasteiger partial charge in [-0.25, -0.2) is 9.37 Å². The quantitative estimate of drug-likeness (QED) is 0.472. The Balaban J connectivity index is 1.49. The average molecular weight is 418 g/mol. The molecule has 3 aromatic rings. The molecular formula is C20H20FN3O2S2. The molecule has 0 unspecified atom stereocenters. The molecule has 1 aromatic carbocycles. The SMILES string of the molecule is CN(Cc1ccccc1F)C(=O)CSc1nc2sc3c(c2c(=O)n1C)CCC3. The van der Waals surface area contributed by atoms with Crippen LogP contribution in [0.4, 0.5) is 4.39 Å². The number of rotatable bonds is 5. The molecule has 1 amide bonds. The van der Waals surface area contributed by atoms with Crippen LogP contribution in [0.1, 0.15) is 22.4 Å². The van der Waals surface area contributed by atoms with E-state index >= 15 is 0 Å². The summed E-state index contributed by atoms with van der Waals surface area (Å²) in [5.74, 6) is -0.326. The van der Waals surface area contributed by atoms with E-state index in [1.165, 1.54) is 32.2 Å². The normalized spacial score (nSPS) is 13.1. The molecule has 146 valence electrons. The summed E-state index contributed by atoms with van der Waals surface area (Å²) in [6.07, 6.45) is 3.05. The number of carbonyl (C=O) groups excluding carboxylic acids is 1. The Morgan fingerprint density at radius 3 is 2.93 bits per heavy atom. The maximum atomic E-state index is 13.8. The number of halogens is 1. The smallest absolute Gasteiger partial charge is 0.262 e. The minimum absolute atomic E-state index is 0.0425. The van der Waals surface area contributed by atoms with Gasteiger partial charge in [0.1, 0.15) is 10.6 Å². The fourth-order valence-corrected chi connectivity index (χ4v) is 5.66. The summed E-state index contributed by atoms with van der Waals surface area (Å²) in [5, 5.41) is 1.28. The summed E-state index contributed by atoms with van der Waals surface area (Å²) in [4.78, 5) is 33.4. The average Bonchev–Trinajstić information content (AvgIpc) is 3.25. The number of thiophene rings is 1. The lowest BCUT2D eigenvalue weighted by atomic mass is 10.2. The van der Waals surface area contributed by atoms with Crippen molar-refractivity contribution < 1.29 is 9.18 Å². The minimum atomic E-state index is -0.324. The van der Waals surface area contributed by atoms with Crippen LogP contribution in [-0.2, 0) is 31.2 Å². The number of fused-ring (bicyclic) bond motifs is 3. The van der Waals surface area contributed by atoms with E-state index in [9.17, 15) is 14.0 Å². The van der Waals surface area contributed by atoms with Gasteiger partial charge in [-0.1, -0.05) is 30.0 Å². The van der Waals surface area contributed by atoms with Crippen LogP contribution >= 0.6 is 23.1 Å². The fraction of sp³-hybridized carbons (Fsp3) is 0.350. The largest absolute Gasteiger partial charge is 0.341 e. The fourth-order valence-electron chi connectivity index (χ4n) is 3.44. The van der Waals surface area contributed by atoms with Crippen molar-refractivity contribution in [3.05, 3.63) is 56.4 Å². The van der Waals surface area contributed by atoms with Gasteiger partial charge in [-0.2, -0.15) is 0 Å². The van der Waals surface area contributed by atoms with Gasteiger partial charge in [-0.3, -0.25) is 14.2 Å². The topological polar surface area (TPSA) is 55.2 Å². The summed E-state index contributed by atoms with van der Waals surface area (Å²) in [7, 11) is 3.35. The molecule has 0 N–H and O–H groups in total. The van der Waals surface area contributed by atoms with Crippen LogP contribution in [0.5, 0.6) is 0 Å². The molecule has 1 aliphatic rings. The van der Waals surface area contributed by atoms with Crippen LogP contribution in [0.2, 0.25) is 0 Å². The van der Waals surface area contributed by atoms with Crippen molar-refractivity contribution in [2.75, 3.05) is 12.8 Å². The lowest BCUT2D eigenvalue weighted by Gasteiger charge is -2.17. The maximum absolute atomic E-state index is 13.8. The van der Waals surface area contributed by atoms with Crippen LogP contribution in [0.25, 0.3) is 10.2 Å². The second kappa shape index (κ2) is 7.67. The number of nitrogens with zero attached hydrogens (tertiary/aromatic N) is 3. The number of amides is 1. The Hall–Kier alpha value is -2.19. The highest BCUT2D eigenvalue weighted by atomic mass is 32.2. The zero-order chi connectivity index (χ0) is 19.8. The highest BCUT2D eigenvalue weighted by molar-refractivity contribution is 7.99. The molecule has 2 heterocycles. The zero-order valence-corrected chi connectivity index (χ0v) is 17.3. The van der Waals surface area contributed by atoms with Crippen molar-refractivity contribution in [2.24, 2.45) is 7.05 Å². The molecular weight excluding hydrogens is 397 g/mol. The molecule has 4 rings (SSSR count). The third-order valence-electron chi connectivity index (χ3n) is 5.02. The first-order chi connectivity index (χ1) is 13.5. The van der Waals surface area contributed by atoms with E-state index in [0.29, 0.717) is 10.7 Å². The van der Waals surface area contributed by atoms with Crippen molar-refractivity contribution in [2.45, 2.75) is 31.0 Å².